The molecule has 1 aromatic carbocycles. The summed E-state index contributed by atoms with van der Waals surface area (Å²) in [5.74, 6) is 0.0897. The average molecular weight is 529 g/mol. The Bertz CT molecular complexity index is 1390. The van der Waals surface area contributed by atoms with E-state index in [1.807, 2.05) is 0 Å². The number of hydrogen-bond acceptors (Lipinski definition) is 7. The minimum Gasteiger partial charge on any atom is -0.478 e. The molecule has 0 bridgehead atoms. The molecular formula is C26H36N6O4S. The van der Waals surface area contributed by atoms with Gasteiger partial charge in [0.05, 0.1) is 29.2 Å². The third-order valence-corrected chi connectivity index (χ3v) is 7.43. The zero-order valence-corrected chi connectivity index (χ0v) is 22.7. The second kappa shape index (κ2) is 11.1. The van der Waals surface area contributed by atoms with Gasteiger partial charge in [0.25, 0.3) is 0 Å². The molecule has 200 valence electrons. The number of fused-ring (bicyclic) bond motifs is 1. The molecule has 0 aliphatic carbocycles. The Morgan fingerprint density at radius 1 is 1.11 bits per heavy atom. The van der Waals surface area contributed by atoms with E-state index in [1.165, 1.54) is 55.6 Å². The van der Waals surface area contributed by atoms with Crippen LogP contribution in [0.4, 0.5) is 11.5 Å². The van der Waals surface area contributed by atoms with Crippen LogP contribution >= 0.6 is 0 Å². The Morgan fingerprint density at radius 2 is 1.84 bits per heavy atom. The average Bonchev–Trinajstić information content (AvgIpc) is 3.51. The van der Waals surface area contributed by atoms with Gasteiger partial charge in [-0.05, 0) is 65.1 Å². The summed E-state index contributed by atoms with van der Waals surface area (Å²) in [5.41, 5.74) is 5.31. The van der Waals surface area contributed by atoms with Crippen molar-refractivity contribution in [2.45, 2.75) is 58.9 Å². The fourth-order valence-electron chi connectivity index (χ4n) is 4.90. The molecule has 1 unspecified atom stereocenters. The number of rotatable bonds is 5. The van der Waals surface area contributed by atoms with Gasteiger partial charge in [0.1, 0.15) is 5.82 Å². The zero-order chi connectivity index (χ0) is 26.7. The summed E-state index contributed by atoms with van der Waals surface area (Å²) in [4.78, 5) is 18.1. The third-order valence-electron chi connectivity index (χ3n) is 6.84. The number of piperidine rings is 1. The van der Waals surface area contributed by atoms with E-state index in [9.17, 15) is 13.2 Å². The van der Waals surface area contributed by atoms with Crippen molar-refractivity contribution in [2.24, 2.45) is 0 Å². The van der Waals surface area contributed by atoms with Crippen LogP contribution in [0.15, 0.2) is 24.3 Å². The lowest BCUT2D eigenvalue weighted by Gasteiger charge is -2.22. The van der Waals surface area contributed by atoms with E-state index in [-0.39, 0.29) is 11.3 Å². The molecule has 10 nitrogen and oxygen atoms in total. The van der Waals surface area contributed by atoms with E-state index in [1.54, 1.807) is 13.0 Å². The molecule has 0 radical (unpaired) electrons. The number of carboxylic acids is 1. The number of nitrogens with zero attached hydrogens (tertiary/aromatic N) is 4. The van der Waals surface area contributed by atoms with Gasteiger partial charge < -0.3 is 15.3 Å². The number of aromatic carboxylic acids is 1. The van der Waals surface area contributed by atoms with Gasteiger partial charge in [-0.1, -0.05) is 18.1 Å². The molecule has 3 aromatic rings. The molecule has 1 atom stereocenters. The van der Waals surface area contributed by atoms with Crippen LogP contribution in [0.5, 0.6) is 0 Å². The summed E-state index contributed by atoms with van der Waals surface area (Å²) in [6.45, 7) is 9.39. The van der Waals surface area contributed by atoms with Crippen molar-refractivity contribution in [1.29, 1.82) is 0 Å². The number of anilines is 2. The molecule has 0 saturated carbocycles. The fraction of sp³-hybridized carbons (Fsp3) is 0.500. The van der Waals surface area contributed by atoms with E-state index < -0.39 is 16.0 Å². The topological polar surface area (TPSA) is 129 Å². The molecule has 2 fully saturated rings. The predicted molar refractivity (Wildman–Crippen MR) is 145 cm³/mol. The predicted octanol–water partition coefficient (Wildman–Crippen LogP) is 3.83. The highest BCUT2D eigenvalue weighted by Gasteiger charge is 2.23. The molecule has 2 aliphatic rings. The van der Waals surface area contributed by atoms with E-state index in [4.69, 9.17) is 15.2 Å². The summed E-state index contributed by atoms with van der Waals surface area (Å²) in [6, 6.07) is 7.05. The van der Waals surface area contributed by atoms with Crippen LogP contribution in [-0.4, -0.2) is 60.0 Å². The van der Waals surface area contributed by atoms with Crippen molar-refractivity contribution in [3.8, 4) is 0 Å². The van der Waals surface area contributed by atoms with Crippen LogP contribution in [-0.2, 0) is 10.0 Å². The van der Waals surface area contributed by atoms with Crippen LogP contribution in [0.1, 0.15) is 71.0 Å². The first-order valence-electron chi connectivity index (χ1n) is 12.7. The maximum Gasteiger partial charge on any atom is 0.337 e. The van der Waals surface area contributed by atoms with Crippen molar-refractivity contribution in [3.05, 3.63) is 52.3 Å². The lowest BCUT2D eigenvalue weighted by Crippen LogP contribution is -2.27. The quantitative estimate of drug-likeness (QED) is 0.456. The molecular weight excluding hydrogens is 492 g/mol. The number of sulfonamides is 1. The number of nitrogens with one attached hydrogen (secondary N) is 2. The van der Waals surface area contributed by atoms with E-state index in [0.29, 0.717) is 6.04 Å². The largest absolute Gasteiger partial charge is 0.478 e. The molecule has 2 aromatic heterocycles. The second-order valence-corrected chi connectivity index (χ2v) is 11.7. The Morgan fingerprint density at radius 3 is 2.46 bits per heavy atom. The molecule has 11 heteroatoms. The highest BCUT2D eigenvalue weighted by Crippen LogP contribution is 2.29. The minimum atomic E-state index is -3.46. The molecule has 3 N–H and O–H groups in total. The van der Waals surface area contributed by atoms with E-state index in [0.717, 1.165) is 48.5 Å². The van der Waals surface area contributed by atoms with Gasteiger partial charge in [-0.15, -0.1) is 0 Å². The summed E-state index contributed by atoms with van der Waals surface area (Å²) >= 11 is 0. The zero-order valence-electron chi connectivity index (χ0n) is 21.9. The van der Waals surface area contributed by atoms with Gasteiger partial charge in [-0.25, -0.2) is 18.2 Å². The molecule has 0 spiro atoms. The van der Waals surface area contributed by atoms with Crippen LogP contribution in [0.2, 0.25) is 0 Å². The number of carboxylic acid groups (broad SMARTS) is 1. The molecule has 37 heavy (non-hydrogen) atoms. The minimum absolute atomic E-state index is 0.0552. The fourth-order valence-corrected chi connectivity index (χ4v) is 5.48. The first-order valence-corrected chi connectivity index (χ1v) is 14.6. The van der Waals surface area contributed by atoms with Gasteiger partial charge in [0.2, 0.25) is 10.0 Å². The van der Waals surface area contributed by atoms with Crippen molar-refractivity contribution in [2.75, 3.05) is 35.5 Å². The maximum absolute atomic E-state index is 11.0. The van der Waals surface area contributed by atoms with Crippen LogP contribution in [0.3, 0.4) is 0 Å². The van der Waals surface area contributed by atoms with Crippen LogP contribution in [0.25, 0.3) is 5.65 Å². The van der Waals surface area contributed by atoms with Gasteiger partial charge in [0, 0.05) is 30.4 Å². The van der Waals surface area contributed by atoms with E-state index in [2.05, 4.69) is 39.4 Å². The molecule has 0 amide bonds. The van der Waals surface area contributed by atoms with Crippen molar-refractivity contribution in [3.63, 3.8) is 0 Å². The number of aryl methyl sites for hydroxylation is 2. The Hall–Kier alpha value is -3.18. The number of aromatic nitrogens is 3. The maximum atomic E-state index is 11.0. The first-order chi connectivity index (χ1) is 17.5. The van der Waals surface area contributed by atoms with Crippen molar-refractivity contribution < 1.29 is 18.3 Å². The monoisotopic (exact) mass is 528 g/mol. The summed E-state index contributed by atoms with van der Waals surface area (Å²) < 4.78 is 26.1. The first kappa shape index (κ1) is 26.9. The normalized spacial score (nSPS) is 17.9. The number of hydrogen-bond donors (Lipinski definition) is 3. The van der Waals surface area contributed by atoms with Gasteiger partial charge >= 0.3 is 5.97 Å². The summed E-state index contributed by atoms with van der Waals surface area (Å²) in [6.07, 6.45) is 7.27. The molecule has 5 rings (SSSR count). The molecule has 2 aliphatic heterocycles. The number of carbonyl (C=O) groups is 1. The van der Waals surface area contributed by atoms with Crippen molar-refractivity contribution in [1.82, 2.24) is 19.9 Å². The number of benzene rings is 1. The third kappa shape index (κ3) is 6.40. The van der Waals surface area contributed by atoms with Crippen molar-refractivity contribution >= 4 is 33.1 Å². The lowest BCUT2D eigenvalue weighted by atomic mass is 10.0. The van der Waals surface area contributed by atoms with Gasteiger partial charge in [-0.3, -0.25) is 4.72 Å². The van der Waals surface area contributed by atoms with Crippen LogP contribution in [0, 0.1) is 20.8 Å². The van der Waals surface area contributed by atoms with Gasteiger partial charge in [0.15, 0.2) is 5.65 Å². The molecule has 4 heterocycles. The highest BCUT2D eigenvalue weighted by atomic mass is 32.2. The summed E-state index contributed by atoms with van der Waals surface area (Å²) in [5, 5.41) is 17.4. The summed E-state index contributed by atoms with van der Waals surface area (Å²) in [7, 11) is -3.46. The highest BCUT2D eigenvalue weighted by molar-refractivity contribution is 7.92. The smallest absolute Gasteiger partial charge is 0.337 e. The lowest BCUT2D eigenvalue weighted by molar-refractivity contribution is 0.0698. The Balaban J connectivity index is 0.000000188. The standard InChI is InChI=1S/C17H25N5.C9H11NO4S/c1-12-13(2)19-16-11-15(14-7-3-4-8-18-14)20-22(16)17(12)21-9-5-6-10-21;1-6-3-4-8(10-15(2,13)14)7(5-6)9(11)12/h11,14,18H,3-10H2,1-2H3;3-5,10H,1-2H3,(H,11,12). The Kier molecular flexibility index (Phi) is 8.03. The van der Waals surface area contributed by atoms with Crippen LogP contribution < -0.4 is 14.9 Å². The second-order valence-electron chi connectivity index (χ2n) is 9.91. The SMILES string of the molecule is Cc1ccc(NS(C)(=O)=O)c(C(=O)O)c1.Cc1nc2cc(C3CCCCN3)nn2c(N2CCCC2)c1C. The van der Waals surface area contributed by atoms with E-state index >= 15 is 0 Å². The van der Waals surface area contributed by atoms with Gasteiger partial charge in [-0.2, -0.15) is 9.61 Å². The Labute approximate surface area is 218 Å². The molecule has 2 saturated heterocycles.